The zero-order chi connectivity index (χ0) is 11.3. The molecule has 15 heavy (non-hydrogen) atoms. The average molecular weight is 205 g/mol. The molecule has 3 N–H and O–H groups in total. The van der Waals surface area contributed by atoms with E-state index in [-0.39, 0.29) is 11.5 Å². The predicted molar refractivity (Wildman–Crippen MR) is 61.3 cm³/mol. The molecule has 2 rings (SSSR count). The van der Waals surface area contributed by atoms with Gasteiger partial charge in [-0.25, -0.2) is 0 Å². The Morgan fingerprint density at radius 1 is 1.33 bits per heavy atom. The molecule has 82 valence electrons. The summed E-state index contributed by atoms with van der Waals surface area (Å²) >= 11 is 0. The molecule has 0 spiro atoms. The number of aliphatic hydroxyl groups is 1. The number of rotatable bonds is 0. The first-order chi connectivity index (χ1) is 6.86. The molecule has 0 aromatic heterocycles. The highest BCUT2D eigenvalue weighted by Crippen LogP contribution is 2.51. The van der Waals surface area contributed by atoms with Crippen molar-refractivity contribution in [2.24, 2.45) is 11.1 Å². The zero-order valence-electron chi connectivity index (χ0n) is 9.62. The van der Waals surface area contributed by atoms with Crippen LogP contribution in [0.25, 0.3) is 0 Å². The topological polar surface area (TPSA) is 46.2 Å². The van der Waals surface area contributed by atoms with Crippen LogP contribution in [0.4, 0.5) is 0 Å². The Bertz CT molecular complexity index is 380. The third-order valence-corrected chi connectivity index (χ3v) is 3.56. The van der Waals surface area contributed by atoms with Gasteiger partial charge in [0.15, 0.2) is 0 Å². The molecule has 1 aliphatic carbocycles. The Labute approximate surface area is 91.1 Å². The van der Waals surface area contributed by atoms with Crippen LogP contribution < -0.4 is 5.73 Å². The van der Waals surface area contributed by atoms with Crippen LogP contribution in [-0.4, -0.2) is 5.11 Å². The maximum absolute atomic E-state index is 10.8. The lowest BCUT2D eigenvalue weighted by molar-refractivity contribution is -0.0656. The summed E-state index contributed by atoms with van der Waals surface area (Å²) in [6.45, 7) is 6.17. The van der Waals surface area contributed by atoms with Crippen molar-refractivity contribution < 1.29 is 5.11 Å². The first kappa shape index (κ1) is 10.7. The van der Waals surface area contributed by atoms with Crippen molar-refractivity contribution >= 4 is 0 Å². The van der Waals surface area contributed by atoms with Gasteiger partial charge >= 0.3 is 0 Å². The molecule has 0 amide bonds. The summed E-state index contributed by atoms with van der Waals surface area (Å²) in [7, 11) is 0. The Hall–Kier alpha value is -0.860. The monoisotopic (exact) mass is 205 g/mol. The van der Waals surface area contributed by atoms with E-state index >= 15 is 0 Å². The second-order valence-electron chi connectivity index (χ2n) is 5.51. The predicted octanol–water partition coefficient (Wildman–Crippen LogP) is 2.32. The standard InChI is InChI=1S/C13H19NO/c1-12(2,3)13(15)8-11(14)9-6-4-5-7-10(9)13/h4-7,11,15H,8,14H2,1-3H3. The highest BCUT2D eigenvalue weighted by Gasteiger charge is 2.48. The minimum Gasteiger partial charge on any atom is -0.385 e. The first-order valence-electron chi connectivity index (χ1n) is 5.43. The molecule has 0 bridgehead atoms. The van der Waals surface area contributed by atoms with E-state index in [0.717, 1.165) is 11.1 Å². The van der Waals surface area contributed by atoms with Gasteiger partial charge < -0.3 is 10.8 Å². The summed E-state index contributed by atoms with van der Waals surface area (Å²) in [5.74, 6) is 0. The van der Waals surface area contributed by atoms with Crippen molar-refractivity contribution in [2.45, 2.75) is 38.8 Å². The van der Waals surface area contributed by atoms with E-state index in [9.17, 15) is 5.11 Å². The summed E-state index contributed by atoms with van der Waals surface area (Å²) in [6, 6.07) is 7.92. The van der Waals surface area contributed by atoms with Crippen molar-refractivity contribution in [1.82, 2.24) is 0 Å². The summed E-state index contributed by atoms with van der Waals surface area (Å²) in [5.41, 5.74) is 7.18. The number of fused-ring (bicyclic) bond motifs is 1. The fourth-order valence-corrected chi connectivity index (χ4v) is 2.45. The molecule has 2 heteroatoms. The lowest BCUT2D eigenvalue weighted by Gasteiger charge is -2.38. The van der Waals surface area contributed by atoms with E-state index < -0.39 is 5.60 Å². The summed E-state index contributed by atoms with van der Waals surface area (Å²) in [4.78, 5) is 0. The summed E-state index contributed by atoms with van der Waals surface area (Å²) in [5, 5.41) is 10.8. The Balaban J connectivity index is 2.58. The third kappa shape index (κ3) is 1.40. The van der Waals surface area contributed by atoms with E-state index in [0.29, 0.717) is 6.42 Å². The van der Waals surface area contributed by atoms with Gasteiger partial charge in [0.05, 0.1) is 5.60 Å². The molecular weight excluding hydrogens is 186 g/mol. The van der Waals surface area contributed by atoms with Gasteiger partial charge in [0.2, 0.25) is 0 Å². The van der Waals surface area contributed by atoms with E-state index in [1.165, 1.54) is 0 Å². The van der Waals surface area contributed by atoms with E-state index in [1.807, 2.05) is 24.3 Å². The lowest BCUT2D eigenvalue weighted by atomic mass is 9.73. The van der Waals surface area contributed by atoms with Gasteiger partial charge in [0.1, 0.15) is 0 Å². The van der Waals surface area contributed by atoms with Crippen molar-refractivity contribution in [3.8, 4) is 0 Å². The average Bonchev–Trinajstić information content (AvgIpc) is 2.41. The summed E-state index contributed by atoms with van der Waals surface area (Å²) in [6.07, 6.45) is 0.621. The van der Waals surface area contributed by atoms with Gasteiger partial charge in [0.25, 0.3) is 0 Å². The van der Waals surface area contributed by atoms with Crippen LogP contribution in [0, 0.1) is 5.41 Å². The van der Waals surface area contributed by atoms with Gasteiger partial charge in [-0.3, -0.25) is 0 Å². The van der Waals surface area contributed by atoms with Crippen LogP contribution >= 0.6 is 0 Å². The Morgan fingerprint density at radius 2 is 1.93 bits per heavy atom. The quantitative estimate of drug-likeness (QED) is 0.682. The molecule has 1 aliphatic rings. The fourth-order valence-electron chi connectivity index (χ4n) is 2.45. The molecule has 0 fully saturated rings. The van der Waals surface area contributed by atoms with Gasteiger partial charge in [-0.1, -0.05) is 45.0 Å². The van der Waals surface area contributed by atoms with Crippen molar-refractivity contribution in [3.63, 3.8) is 0 Å². The minimum absolute atomic E-state index is 0.0366. The second-order valence-corrected chi connectivity index (χ2v) is 5.51. The summed E-state index contributed by atoms with van der Waals surface area (Å²) < 4.78 is 0. The van der Waals surface area contributed by atoms with Crippen LogP contribution in [0.2, 0.25) is 0 Å². The zero-order valence-corrected chi connectivity index (χ0v) is 9.62. The van der Waals surface area contributed by atoms with E-state index in [2.05, 4.69) is 20.8 Å². The number of hydrogen-bond donors (Lipinski definition) is 2. The molecule has 2 unspecified atom stereocenters. The molecular formula is C13H19NO. The maximum Gasteiger partial charge on any atom is 0.0965 e. The van der Waals surface area contributed by atoms with Crippen LogP contribution in [0.3, 0.4) is 0 Å². The third-order valence-electron chi connectivity index (χ3n) is 3.56. The van der Waals surface area contributed by atoms with Crippen LogP contribution in [0.15, 0.2) is 24.3 Å². The molecule has 2 atom stereocenters. The smallest absolute Gasteiger partial charge is 0.0965 e. The molecule has 0 saturated carbocycles. The number of nitrogens with two attached hydrogens (primary N) is 1. The molecule has 0 aliphatic heterocycles. The number of benzene rings is 1. The van der Waals surface area contributed by atoms with Gasteiger partial charge in [-0.05, 0) is 16.5 Å². The highest BCUT2D eigenvalue weighted by atomic mass is 16.3. The molecule has 0 heterocycles. The maximum atomic E-state index is 10.8. The molecule has 1 aromatic carbocycles. The van der Waals surface area contributed by atoms with Gasteiger partial charge in [-0.2, -0.15) is 0 Å². The second kappa shape index (κ2) is 3.06. The normalized spacial score (nSPS) is 30.3. The highest BCUT2D eigenvalue weighted by molar-refractivity contribution is 5.41. The van der Waals surface area contributed by atoms with Crippen LogP contribution in [-0.2, 0) is 5.60 Å². The van der Waals surface area contributed by atoms with E-state index in [4.69, 9.17) is 5.73 Å². The van der Waals surface area contributed by atoms with Gasteiger partial charge in [0, 0.05) is 12.5 Å². The van der Waals surface area contributed by atoms with Crippen molar-refractivity contribution in [1.29, 1.82) is 0 Å². The van der Waals surface area contributed by atoms with Crippen molar-refractivity contribution in [2.75, 3.05) is 0 Å². The van der Waals surface area contributed by atoms with Crippen molar-refractivity contribution in [3.05, 3.63) is 35.4 Å². The SMILES string of the molecule is CC(C)(C)C1(O)CC(N)c2ccccc21. The fraction of sp³-hybridized carbons (Fsp3) is 0.538. The largest absolute Gasteiger partial charge is 0.385 e. The number of hydrogen-bond acceptors (Lipinski definition) is 2. The van der Waals surface area contributed by atoms with Crippen LogP contribution in [0.5, 0.6) is 0 Å². The van der Waals surface area contributed by atoms with Gasteiger partial charge in [-0.15, -0.1) is 0 Å². The first-order valence-corrected chi connectivity index (χ1v) is 5.43. The lowest BCUT2D eigenvalue weighted by Crippen LogP contribution is -2.38. The molecule has 0 saturated heterocycles. The van der Waals surface area contributed by atoms with E-state index in [1.54, 1.807) is 0 Å². The molecule has 2 nitrogen and oxygen atoms in total. The minimum atomic E-state index is -0.789. The Morgan fingerprint density at radius 3 is 2.53 bits per heavy atom. The Kier molecular flexibility index (Phi) is 2.18. The van der Waals surface area contributed by atoms with Crippen LogP contribution in [0.1, 0.15) is 44.4 Å². The molecule has 0 radical (unpaired) electrons. The molecule has 1 aromatic rings.